The highest BCUT2D eigenvalue weighted by Gasteiger charge is 2.23. The number of hydrogen-bond donors (Lipinski definition) is 1. The first-order valence-corrected chi connectivity index (χ1v) is 7.39. The first-order valence-electron chi connectivity index (χ1n) is 7.39. The first kappa shape index (κ1) is 14.4. The summed E-state index contributed by atoms with van der Waals surface area (Å²) in [6.45, 7) is 13.4. The van der Waals surface area contributed by atoms with Crippen LogP contribution >= 0.6 is 0 Å². The van der Waals surface area contributed by atoms with Gasteiger partial charge in [0.15, 0.2) is 0 Å². The molecule has 1 unspecified atom stereocenters. The number of fused-ring (bicyclic) bond motifs is 1. The van der Waals surface area contributed by atoms with Crippen molar-refractivity contribution in [3.05, 3.63) is 29.3 Å². The van der Waals surface area contributed by atoms with Crippen LogP contribution in [0.25, 0.3) is 0 Å². The highest BCUT2D eigenvalue weighted by molar-refractivity contribution is 5.40. The molecule has 0 aromatic heterocycles. The number of nitrogens with one attached hydrogen (secondary N) is 1. The molecular weight excluding hydrogens is 234 g/mol. The molecule has 1 heterocycles. The summed E-state index contributed by atoms with van der Waals surface area (Å²) in [5.74, 6) is 1.75. The summed E-state index contributed by atoms with van der Waals surface area (Å²) in [5, 5.41) is 3.67. The lowest BCUT2D eigenvalue weighted by Crippen LogP contribution is -2.34. The molecule has 0 bridgehead atoms. The van der Waals surface area contributed by atoms with E-state index in [1.54, 1.807) is 0 Å². The van der Waals surface area contributed by atoms with Gasteiger partial charge in [-0.05, 0) is 35.4 Å². The maximum atomic E-state index is 5.56. The smallest absolute Gasteiger partial charge is 0.122 e. The fraction of sp³-hybridized carbons (Fsp3) is 0.647. The van der Waals surface area contributed by atoms with Gasteiger partial charge in [-0.25, -0.2) is 0 Å². The summed E-state index contributed by atoms with van der Waals surface area (Å²) in [7, 11) is 0. The van der Waals surface area contributed by atoms with Gasteiger partial charge < -0.3 is 10.1 Å². The van der Waals surface area contributed by atoms with Crippen molar-refractivity contribution in [2.24, 2.45) is 11.3 Å². The predicted molar refractivity (Wildman–Crippen MR) is 80.7 cm³/mol. The molecule has 2 heteroatoms. The summed E-state index contributed by atoms with van der Waals surface area (Å²) in [4.78, 5) is 0. The fourth-order valence-electron chi connectivity index (χ4n) is 2.21. The molecule has 1 aromatic carbocycles. The van der Waals surface area contributed by atoms with E-state index in [-0.39, 0.29) is 0 Å². The molecule has 1 N–H and O–H groups in total. The zero-order valence-corrected chi connectivity index (χ0v) is 12.9. The van der Waals surface area contributed by atoms with Crippen molar-refractivity contribution in [1.29, 1.82) is 0 Å². The SMILES string of the molecule is CC(NCC(C)(C)C(C)C)c1ccc2c(c1)CCO2. The monoisotopic (exact) mass is 261 g/mol. The largest absolute Gasteiger partial charge is 0.493 e. The van der Waals surface area contributed by atoms with E-state index in [1.807, 2.05) is 0 Å². The van der Waals surface area contributed by atoms with Crippen LogP contribution in [-0.2, 0) is 6.42 Å². The van der Waals surface area contributed by atoms with Crippen LogP contribution in [0.5, 0.6) is 5.75 Å². The van der Waals surface area contributed by atoms with Gasteiger partial charge in [0.2, 0.25) is 0 Å². The van der Waals surface area contributed by atoms with Gasteiger partial charge in [-0.2, -0.15) is 0 Å². The van der Waals surface area contributed by atoms with Crippen molar-refractivity contribution >= 4 is 0 Å². The van der Waals surface area contributed by atoms with Crippen LogP contribution in [0.15, 0.2) is 18.2 Å². The average molecular weight is 261 g/mol. The zero-order valence-electron chi connectivity index (χ0n) is 12.9. The van der Waals surface area contributed by atoms with Gasteiger partial charge in [0, 0.05) is 19.0 Å². The van der Waals surface area contributed by atoms with E-state index in [0.29, 0.717) is 17.4 Å². The van der Waals surface area contributed by atoms with Gasteiger partial charge >= 0.3 is 0 Å². The summed E-state index contributed by atoms with van der Waals surface area (Å²) in [6.07, 6.45) is 1.05. The lowest BCUT2D eigenvalue weighted by Gasteiger charge is -2.31. The Hall–Kier alpha value is -1.02. The standard InChI is InChI=1S/C17H27NO/c1-12(2)17(4,5)11-18-13(3)14-6-7-16-15(10-14)8-9-19-16/h6-7,10,12-13,18H,8-9,11H2,1-5H3. The Morgan fingerprint density at radius 1 is 1.26 bits per heavy atom. The normalized spacial score (nSPS) is 16.3. The molecule has 0 aliphatic carbocycles. The van der Waals surface area contributed by atoms with Crippen LogP contribution in [0.1, 0.15) is 51.8 Å². The third-order valence-electron chi connectivity index (χ3n) is 4.64. The molecule has 0 amide bonds. The molecule has 106 valence electrons. The first-order chi connectivity index (χ1) is 8.90. The minimum Gasteiger partial charge on any atom is -0.493 e. The van der Waals surface area contributed by atoms with Gasteiger partial charge in [-0.1, -0.05) is 39.8 Å². The van der Waals surface area contributed by atoms with Crippen molar-refractivity contribution in [2.45, 2.75) is 47.1 Å². The van der Waals surface area contributed by atoms with Gasteiger partial charge in [0.05, 0.1) is 6.61 Å². The van der Waals surface area contributed by atoms with Gasteiger partial charge in [0.25, 0.3) is 0 Å². The predicted octanol–water partition coefficient (Wildman–Crippen LogP) is 3.95. The number of hydrogen-bond acceptors (Lipinski definition) is 2. The minimum atomic E-state index is 0.327. The molecule has 1 aliphatic heterocycles. The molecule has 2 nitrogen and oxygen atoms in total. The van der Waals surface area contributed by atoms with Gasteiger partial charge in [0.1, 0.15) is 5.75 Å². The molecule has 2 rings (SSSR count). The number of ether oxygens (including phenoxy) is 1. The molecule has 0 fully saturated rings. The summed E-state index contributed by atoms with van der Waals surface area (Å²) in [5.41, 5.74) is 3.05. The van der Waals surface area contributed by atoms with Crippen LogP contribution in [0.2, 0.25) is 0 Å². The van der Waals surface area contributed by atoms with Crippen LogP contribution < -0.4 is 10.1 Å². The van der Waals surface area contributed by atoms with E-state index in [0.717, 1.165) is 25.3 Å². The number of rotatable bonds is 5. The Balaban J connectivity index is 1.99. The highest BCUT2D eigenvalue weighted by Crippen LogP contribution is 2.29. The molecule has 1 atom stereocenters. The molecule has 0 spiro atoms. The quantitative estimate of drug-likeness (QED) is 0.866. The van der Waals surface area contributed by atoms with E-state index in [1.165, 1.54) is 11.1 Å². The molecule has 0 saturated carbocycles. The van der Waals surface area contributed by atoms with Crippen LogP contribution in [0.3, 0.4) is 0 Å². The molecule has 0 saturated heterocycles. The van der Waals surface area contributed by atoms with Crippen molar-refractivity contribution in [2.75, 3.05) is 13.2 Å². The van der Waals surface area contributed by atoms with Gasteiger partial charge in [-0.15, -0.1) is 0 Å². The average Bonchev–Trinajstić information content (AvgIpc) is 2.82. The van der Waals surface area contributed by atoms with E-state index < -0.39 is 0 Å². The lowest BCUT2D eigenvalue weighted by molar-refractivity contribution is 0.230. The summed E-state index contributed by atoms with van der Waals surface area (Å²) in [6, 6.07) is 6.99. The molecule has 19 heavy (non-hydrogen) atoms. The second kappa shape index (κ2) is 5.54. The third kappa shape index (κ3) is 3.30. The second-order valence-electron chi connectivity index (χ2n) is 6.71. The van der Waals surface area contributed by atoms with E-state index in [9.17, 15) is 0 Å². The van der Waals surface area contributed by atoms with Gasteiger partial charge in [-0.3, -0.25) is 0 Å². The van der Waals surface area contributed by atoms with Crippen LogP contribution in [0.4, 0.5) is 0 Å². The maximum Gasteiger partial charge on any atom is 0.122 e. The van der Waals surface area contributed by atoms with Crippen LogP contribution in [-0.4, -0.2) is 13.2 Å². The van der Waals surface area contributed by atoms with Crippen LogP contribution in [0, 0.1) is 11.3 Å². The third-order valence-corrected chi connectivity index (χ3v) is 4.64. The van der Waals surface area contributed by atoms with Crippen molar-refractivity contribution in [1.82, 2.24) is 5.32 Å². The molecule has 1 aliphatic rings. The lowest BCUT2D eigenvalue weighted by atomic mass is 9.81. The maximum absolute atomic E-state index is 5.56. The van der Waals surface area contributed by atoms with E-state index in [2.05, 4.69) is 58.1 Å². The Morgan fingerprint density at radius 2 is 2.00 bits per heavy atom. The highest BCUT2D eigenvalue weighted by atomic mass is 16.5. The molecule has 1 aromatic rings. The Morgan fingerprint density at radius 3 is 2.68 bits per heavy atom. The molecular formula is C17H27NO. The Kier molecular flexibility index (Phi) is 4.19. The van der Waals surface area contributed by atoms with E-state index in [4.69, 9.17) is 4.74 Å². The summed E-state index contributed by atoms with van der Waals surface area (Å²) >= 11 is 0. The second-order valence-corrected chi connectivity index (χ2v) is 6.71. The van der Waals surface area contributed by atoms with Crippen molar-refractivity contribution in [3.63, 3.8) is 0 Å². The zero-order chi connectivity index (χ0) is 14.0. The summed E-state index contributed by atoms with van der Waals surface area (Å²) < 4.78 is 5.56. The van der Waals surface area contributed by atoms with Crippen molar-refractivity contribution < 1.29 is 4.74 Å². The van der Waals surface area contributed by atoms with E-state index >= 15 is 0 Å². The fourth-order valence-corrected chi connectivity index (χ4v) is 2.21. The topological polar surface area (TPSA) is 21.3 Å². The molecule has 0 radical (unpaired) electrons. The minimum absolute atomic E-state index is 0.327. The number of benzene rings is 1. The Labute approximate surface area is 117 Å². The Bertz CT molecular complexity index is 437. The van der Waals surface area contributed by atoms with Crippen molar-refractivity contribution in [3.8, 4) is 5.75 Å².